The van der Waals surface area contributed by atoms with Crippen molar-refractivity contribution in [2.75, 3.05) is 13.1 Å². The zero-order valence-electron chi connectivity index (χ0n) is 18.5. The highest BCUT2D eigenvalue weighted by molar-refractivity contribution is 6.30. The number of carbonyl (C=O) groups is 1. The molecular weight excluding hydrogens is 500 g/mol. The molecule has 2 N–H and O–H groups in total. The van der Waals surface area contributed by atoms with Gasteiger partial charge in [0.2, 0.25) is 5.82 Å². The molecule has 0 saturated heterocycles. The number of carbonyl (C=O) groups excluding carboxylic acids is 1. The number of hydrogen-bond donors (Lipinski definition) is 1. The van der Waals surface area contributed by atoms with Gasteiger partial charge < -0.3 is 15.2 Å². The molecule has 2 heterocycles. The van der Waals surface area contributed by atoms with Crippen LogP contribution in [0.15, 0.2) is 48.5 Å². The zero-order valence-corrected chi connectivity index (χ0v) is 20.9. The molecule has 1 fully saturated rings. The van der Waals surface area contributed by atoms with Crippen LogP contribution < -0.4 is 5.73 Å². The van der Waals surface area contributed by atoms with Gasteiger partial charge in [-0.1, -0.05) is 35.9 Å². The lowest BCUT2D eigenvalue weighted by Crippen LogP contribution is -2.50. The SMILES string of the molecule is Cl.Cl.NCC1(c2cccc(Cl)c2)CCC(N2CCn3c(nnc3-c3cccc(F)c3)C2=O)CC1. The van der Waals surface area contributed by atoms with Crippen molar-refractivity contribution < 1.29 is 9.18 Å². The van der Waals surface area contributed by atoms with E-state index in [4.69, 9.17) is 17.3 Å². The van der Waals surface area contributed by atoms with Crippen molar-refractivity contribution in [1.29, 1.82) is 0 Å². The first-order chi connectivity index (χ1) is 15.5. The van der Waals surface area contributed by atoms with Gasteiger partial charge in [-0.25, -0.2) is 4.39 Å². The third-order valence-electron chi connectivity index (χ3n) is 7.03. The lowest BCUT2D eigenvalue weighted by Gasteiger charge is -2.44. The molecule has 34 heavy (non-hydrogen) atoms. The summed E-state index contributed by atoms with van der Waals surface area (Å²) in [6.07, 6.45) is 3.56. The maximum Gasteiger partial charge on any atom is 0.292 e. The van der Waals surface area contributed by atoms with Crippen LogP contribution in [0.1, 0.15) is 41.9 Å². The molecule has 3 aromatic rings. The Morgan fingerprint density at radius 2 is 1.74 bits per heavy atom. The van der Waals surface area contributed by atoms with Crippen molar-refractivity contribution in [3.8, 4) is 11.4 Å². The largest absolute Gasteiger partial charge is 0.331 e. The molecule has 182 valence electrons. The van der Waals surface area contributed by atoms with Crippen molar-refractivity contribution in [1.82, 2.24) is 19.7 Å². The Morgan fingerprint density at radius 1 is 1.03 bits per heavy atom. The fourth-order valence-electron chi connectivity index (χ4n) is 5.20. The Hall–Kier alpha value is -2.19. The predicted octanol–water partition coefficient (Wildman–Crippen LogP) is 4.88. The Morgan fingerprint density at radius 3 is 2.41 bits per heavy atom. The van der Waals surface area contributed by atoms with E-state index in [0.717, 1.165) is 30.7 Å². The minimum Gasteiger partial charge on any atom is -0.331 e. The van der Waals surface area contributed by atoms with Crippen LogP contribution >= 0.6 is 36.4 Å². The number of aromatic nitrogens is 3. The van der Waals surface area contributed by atoms with Gasteiger partial charge in [0.05, 0.1) is 0 Å². The lowest BCUT2D eigenvalue weighted by molar-refractivity contribution is 0.0523. The molecule has 1 aromatic heterocycles. The van der Waals surface area contributed by atoms with Gasteiger partial charge in [-0.3, -0.25) is 4.79 Å². The van der Waals surface area contributed by atoms with Gasteiger partial charge in [0.15, 0.2) is 5.82 Å². The van der Waals surface area contributed by atoms with Crippen LogP contribution in [0.5, 0.6) is 0 Å². The van der Waals surface area contributed by atoms with Crippen LogP contribution in [0, 0.1) is 5.82 Å². The molecular formula is C24H27Cl3FN5O. The number of fused-ring (bicyclic) bond motifs is 1. The summed E-state index contributed by atoms with van der Waals surface area (Å²) in [5, 5.41) is 9.07. The van der Waals surface area contributed by atoms with Gasteiger partial charge in [0.25, 0.3) is 5.91 Å². The molecule has 10 heteroatoms. The first-order valence-corrected chi connectivity index (χ1v) is 11.3. The third kappa shape index (κ3) is 4.67. The van der Waals surface area contributed by atoms with Crippen LogP contribution in [0.2, 0.25) is 5.02 Å². The van der Waals surface area contributed by atoms with Gasteiger partial charge in [-0.2, -0.15) is 0 Å². The van der Waals surface area contributed by atoms with Gasteiger partial charge >= 0.3 is 0 Å². The smallest absolute Gasteiger partial charge is 0.292 e. The van der Waals surface area contributed by atoms with E-state index >= 15 is 0 Å². The van der Waals surface area contributed by atoms with E-state index in [1.54, 1.807) is 16.7 Å². The van der Waals surface area contributed by atoms with Crippen LogP contribution in [-0.4, -0.2) is 44.7 Å². The standard InChI is InChI=1S/C24H25ClFN5O.2ClH/c25-18-5-2-4-17(14-18)24(15-27)9-7-20(8-10-24)30-11-12-31-21(28-29-22(31)23(30)32)16-3-1-6-19(26)13-16;;/h1-6,13-14,20H,7-12,15,27H2;2*1H. The molecule has 2 aromatic carbocycles. The molecule has 0 atom stereocenters. The lowest BCUT2D eigenvalue weighted by atomic mass is 9.68. The van der Waals surface area contributed by atoms with E-state index in [9.17, 15) is 9.18 Å². The summed E-state index contributed by atoms with van der Waals surface area (Å²) in [5.74, 6) is 0.397. The van der Waals surface area contributed by atoms with E-state index in [1.165, 1.54) is 17.7 Å². The molecule has 1 amide bonds. The first kappa shape index (κ1) is 26.4. The van der Waals surface area contributed by atoms with Gasteiger partial charge in [0.1, 0.15) is 5.82 Å². The van der Waals surface area contributed by atoms with Crippen molar-refractivity contribution in [2.24, 2.45) is 5.73 Å². The summed E-state index contributed by atoms with van der Waals surface area (Å²) in [5.41, 5.74) is 7.92. The molecule has 1 aliphatic carbocycles. The molecule has 0 radical (unpaired) electrons. The molecule has 1 saturated carbocycles. The van der Waals surface area contributed by atoms with Crippen LogP contribution in [0.25, 0.3) is 11.4 Å². The second-order valence-corrected chi connectivity index (χ2v) is 9.17. The predicted molar refractivity (Wildman–Crippen MR) is 135 cm³/mol. The average molecular weight is 527 g/mol. The summed E-state index contributed by atoms with van der Waals surface area (Å²) in [4.78, 5) is 15.2. The molecule has 5 rings (SSSR count). The van der Waals surface area contributed by atoms with Crippen molar-refractivity contribution >= 4 is 42.3 Å². The number of nitrogens with zero attached hydrogens (tertiary/aromatic N) is 4. The van der Waals surface area contributed by atoms with Crippen molar-refractivity contribution in [3.05, 3.63) is 70.8 Å². The second-order valence-electron chi connectivity index (χ2n) is 8.73. The van der Waals surface area contributed by atoms with Gasteiger partial charge in [-0.05, 0) is 55.5 Å². The Bertz CT molecular complexity index is 1160. The minimum atomic E-state index is -0.339. The number of benzene rings is 2. The summed E-state index contributed by atoms with van der Waals surface area (Å²) in [6, 6.07) is 14.3. The quantitative estimate of drug-likeness (QED) is 0.526. The number of halogens is 4. The highest BCUT2D eigenvalue weighted by Gasteiger charge is 2.40. The summed E-state index contributed by atoms with van der Waals surface area (Å²) >= 11 is 6.23. The van der Waals surface area contributed by atoms with E-state index in [-0.39, 0.29) is 48.0 Å². The maximum atomic E-state index is 13.7. The Balaban J connectivity index is 0.00000162. The first-order valence-electron chi connectivity index (χ1n) is 11.0. The molecule has 2 aliphatic rings. The average Bonchev–Trinajstić information content (AvgIpc) is 3.25. The van der Waals surface area contributed by atoms with Crippen molar-refractivity contribution in [2.45, 2.75) is 43.7 Å². The van der Waals surface area contributed by atoms with Gasteiger partial charge in [-0.15, -0.1) is 35.0 Å². The summed E-state index contributed by atoms with van der Waals surface area (Å²) in [7, 11) is 0. The van der Waals surface area contributed by atoms with Crippen molar-refractivity contribution in [3.63, 3.8) is 0 Å². The number of nitrogens with two attached hydrogens (primary N) is 1. The van der Waals surface area contributed by atoms with Gasteiger partial charge in [0, 0.05) is 41.7 Å². The molecule has 0 spiro atoms. The molecule has 0 unspecified atom stereocenters. The Labute approximate surface area is 215 Å². The molecule has 1 aliphatic heterocycles. The number of hydrogen-bond acceptors (Lipinski definition) is 4. The normalized spacial score (nSPS) is 21.9. The van der Waals surface area contributed by atoms with E-state index in [2.05, 4.69) is 16.3 Å². The van der Waals surface area contributed by atoms with Crippen LogP contribution in [0.4, 0.5) is 4.39 Å². The summed E-state index contributed by atoms with van der Waals surface area (Å²) in [6.45, 7) is 1.73. The van der Waals surface area contributed by atoms with Crippen LogP contribution in [0.3, 0.4) is 0 Å². The van der Waals surface area contributed by atoms with E-state index < -0.39 is 0 Å². The molecule has 0 bridgehead atoms. The summed E-state index contributed by atoms with van der Waals surface area (Å²) < 4.78 is 15.5. The fourth-order valence-corrected chi connectivity index (χ4v) is 5.39. The third-order valence-corrected chi connectivity index (χ3v) is 7.27. The number of rotatable bonds is 4. The Kier molecular flexibility index (Phi) is 8.24. The van der Waals surface area contributed by atoms with E-state index in [0.29, 0.717) is 36.8 Å². The number of amides is 1. The highest BCUT2D eigenvalue weighted by Crippen LogP contribution is 2.41. The molecule has 6 nitrogen and oxygen atoms in total. The van der Waals surface area contributed by atoms with Crippen LogP contribution in [-0.2, 0) is 12.0 Å². The zero-order chi connectivity index (χ0) is 22.3. The van der Waals surface area contributed by atoms with E-state index in [1.807, 2.05) is 23.1 Å². The monoisotopic (exact) mass is 525 g/mol. The minimum absolute atomic E-state index is 0. The fraction of sp³-hybridized carbons (Fsp3) is 0.375. The second kappa shape index (κ2) is 10.6. The topological polar surface area (TPSA) is 77.0 Å². The maximum absolute atomic E-state index is 13.7. The highest BCUT2D eigenvalue weighted by atomic mass is 35.5.